The second-order valence-corrected chi connectivity index (χ2v) is 5.91. The molecule has 0 saturated heterocycles. The highest BCUT2D eigenvalue weighted by Crippen LogP contribution is 2.32. The zero-order valence-corrected chi connectivity index (χ0v) is 12.8. The molecule has 1 N–H and O–H groups in total. The summed E-state index contributed by atoms with van der Waals surface area (Å²) in [6.07, 6.45) is 0. The van der Waals surface area contributed by atoms with Crippen LogP contribution in [0, 0.1) is 6.92 Å². The summed E-state index contributed by atoms with van der Waals surface area (Å²) >= 11 is 1.79. The molecule has 0 aliphatic heterocycles. The molecule has 19 heavy (non-hydrogen) atoms. The van der Waals surface area contributed by atoms with Crippen molar-refractivity contribution in [2.45, 2.75) is 33.4 Å². The Hall–Kier alpha value is -1.32. The first-order valence-corrected chi connectivity index (χ1v) is 7.44. The molecule has 0 aliphatic carbocycles. The molecule has 2 nitrogen and oxygen atoms in total. The lowest BCUT2D eigenvalue weighted by atomic mass is 10.1. The summed E-state index contributed by atoms with van der Waals surface area (Å²) < 4.78 is 5.44. The van der Waals surface area contributed by atoms with Crippen molar-refractivity contribution in [3.63, 3.8) is 0 Å². The number of hydrogen-bond acceptors (Lipinski definition) is 3. The van der Waals surface area contributed by atoms with Gasteiger partial charge in [0.1, 0.15) is 5.75 Å². The Morgan fingerprint density at radius 3 is 2.63 bits per heavy atom. The second-order valence-electron chi connectivity index (χ2n) is 4.99. The van der Waals surface area contributed by atoms with E-state index < -0.39 is 0 Å². The zero-order valence-electron chi connectivity index (χ0n) is 12.0. The lowest BCUT2D eigenvalue weighted by molar-refractivity contribution is 0.406. The summed E-state index contributed by atoms with van der Waals surface area (Å²) in [5.41, 5.74) is 3.81. The fraction of sp³-hybridized carbons (Fsp3) is 0.375. The Kier molecular flexibility index (Phi) is 4.61. The normalized spacial score (nSPS) is 11.0. The van der Waals surface area contributed by atoms with Crippen LogP contribution in [0.3, 0.4) is 0 Å². The van der Waals surface area contributed by atoms with Crippen molar-refractivity contribution in [1.29, 1.82) is 0 Å². The van der Waals surface area contributed by atoms with Crippen molar-refractivity contribution < 1.29 is 4.74 Å². The fourth-order valence-corrected chi connectivity index (χ4v) is 2.97. The third-order valence-electron chi connectivity index (χ3n) is 3.11. The van der Waals surface area contributed by atoms with E-state index in [0.717, 1.165) is 12.3 Å². The molecule has 0 fully saturated rings. The van der Waals surface area contributed by atoms with Gasteiger partial charge in [0.15, 0.2) is 0 Å². The van der Waals surface area contributed by atoms with E-state index in [1.807, 2.05) is 0 Å². The van der Waals surface area contributed by atoms with E-state index in [1.165, 1.54) is 21.6 Å². The van der Waals surface area contributed by atoms with Crippen LogP contribution >= 0.6 is 11.3 Å². The van der Waals surface area contributed by atoms with E-state index in [4.69, 9.17) is 4.74 Å². The molecular weight excluding hydrogens is 254 g/mol. The predicted octanol–water partition coefficient (Wildman–Crippen LogP) is 4.23. The number of benzene rings is 1. The largest absolute Gasteiger partial charge is 0.496 e. The van der Waals surface area contributed by atoms with Crippen molar-refractivity contribution in [3.05, 3.63) is 40.8 Å². The van der Waals surface area contributed by atoms with Gasteiger partial charge in [-0.05, 0) is 47.7 Å². The number of hydrogen-bond donors (Lipinski definition) is 1. The second kappa shape index (κ2) is 6.22. The van der Waals surface area contributed by atoms with Gasteiger partial charge in [0, 0.05) is 23.0 Å². The van der Waals surface area contributed by atoms with Gasteiger partial charge < -0.3 is 10.1 Å². The molecule has 1 heterocycles. The molecular formula is C16H21NOS. The minimum Gasteiger partial charge on any atom is -0.496 e. The van der Waals surface area contributed by atoms with Gasteiger partial charge in [-0.3, -0.25) is 0 Å². The summed E-state index contributed by atoms with van der Waals surface area (Å²) in [4.78, 5) is 1.34. The molecule has 0 spiro atoms. The van der Waals surface area contributed by atoms with Crippen LogP contribution in [0.4, 0.5) is 0 Å². The minimum absolute atomic E-state index is 0.469. The Labute approximate surface area is 119 Å². The summed E-state index contributed by atoms with van der Waals surface area (Å²) in [5, 5.41) is 5.59. The van der Waals surface area contributed by atoms with E-state index in [2.05, 4.69) is 55.7 Å². The average molecular weight is 275 g/mol. The predicted molar refractivity (Wildman–Crippen MR) is 83.0 cm³/mol. The van der Waals surface area contributed by atoms with E-state index in [0.29, 0.717) is 6.04 Å². The smallest absolute Gasteiger partial charge is 0.123 e. The first kappa shape index (κ1) is 14.1. The van der Waals surface area contributed by atoms with Gasteiger partial charge in [-0.25, -0.2) is 0 Å². The van der Waals surface area contributed by atoms with Crippen LogP contribution in [0.1, 0.15) is 25.0 Å². The summed E-state index contributed by atoms with van der Waals surface area (Å²) in [7, 11) is 1.73. The van der Waals surface area contributed by atoms with Gasteiger partial charge in [0.2, 0.25) is 0 Å². The molecule has 1 aromatic heterocycles. The van der Waals surface area contributed by atoms with Crippen molar-refractivity contribution in [1.82, 2.24) is 5.32 Å². The van der Waals surface area contributed by atoms with E-state index in [-0.39, 0.29) is 0 Å². The molecule has 0 bridgehead atoms. The Morgan fingerprint density at radius 2 is 2.05 bits per heavy atom. The molecule has 0 radical (unpaired) electrons. The Morgan fingerprint density at radius 1 is 1.26 bits per heavy atom. The number of nitrogens with one attached hydrogen (secondary N) is 1. The fourth-order valence-electron chi connectivity index (χ4n) is 2.04. The van der Waals surface area contributed by atoms with Crippen molar-refractivity contribution >= 4 is 11.3 Å². The lowest BCUT2D eigenvalue weighted by Crippen LogP contribution is -2.22. The van der Waals surface area contributed by atoms with Crippen molar-refractivity contribution in [2.75, 3.05) is 7.11 Å². The summed E-state index contributed by atoms with van der Waals surface area (Å²) in [6, 6.07) is 9.06. The third kappa shape index (κ3) is 3.37. The molecule has 0 aliphatic rings. The van der Waals surface area contributed by atoms with Crippen LogP contribution in [0.15, 0.2) is 29.6 Å². The molecule has 102 valence electrons. The van der Waals surface area contributed by atoms with Gasteiger partial charge in [-0.15, -0.1) is 11.3 Å². The van der Waals surface area contributed by atoms with Crippen LogP contribution < -0.4 is 10.1 Å². The van der Waals surface area contributed by atoms with E-state index in [1.54, 1.807) is 18.4 Å². The topological polar surface area (TPSA) is 21.3 Å². The molecule has 0 unspecified atom stereocenters. The van der Waals surface area contributed by atoms with Crippen LogP contribution in [0.2, 0.25) is 0 Å². The van der Waals surface area contributed by atoms with Crippen LogP contribution in [0.25, 0.3) is 10.4 Å². The lowest BCUT2D eigenvalue weighted by Gasteiger charge is -2.13. The highest BCUT2D eigenvalue weighted by molar-refractivity contribution is 7.13. The zero-order chi connectivity index (χ0) is 13.8. The van der Waals surface area contributed by atoms with Crippen LogP contribution in [-0.2, 0) is 6.54 Å². The van der Waals surface area contributed by atoms with Gasteiger partial charge in [-0.2, -0.15) is 0 Å². The van der Waals surface area contributed by atoms with E-state index >= 15 is 0 Å². The quantitative estimate of drug-likeness (QED) is 0.881. The van der Waals surface area contributed by atoms with Gasteiger partial charge in [0.05, 0.1) is 7.11 Å². The molecule has 0 atom stereocenters. The first-order valence-electron chi connectivity index (χ1n) is 6.56. The highest BCUT2D eigenvalue weighted by Gasteiger charge is 2.09. The maximum absolute atomic E-state index is 5.44. The number of aryl methyl sites for hydroxylation is 1. The maximum Gasteiger partial charge on any atom is 0.123 e. The third-order valence-corrected chi connectivity index (χ3v) is 4.17. The first-order chi connectivity index (χ1) is 9.11. The van der Waals surface area contributed by atoms with E-state index in [9.17, 15) is 0 Å². The van der Waals surface area contributed by atoms with Gasteiger partial charge in [-0.1, -0.05) is 13.8 Å². The molecule has 0 amide bonds. The van der Waals surface area contributed by atoms with Crippen molar-refractivity contribution in [3.8, 4) is 16.2 Å². The molecule has 1 aromatic carbocycles. The monoisotopic (exact) mass is 275 g/mol. The number of ether oxygens (including phenoxy) is 1. The standard InChI is InChI=1S/C16H21NOS/c1-11(2)17-10-14-9-13(5-6-15(14)18-4)16-12(3)7-8-19-16/h5-9,11,17H,10H2,1-4H3. The molecule has 0 saturated carbocycles. The molecule has 2 aromatic rings. The van der Waals surface area contributed by atoms with Crippen molar-refractivity contribution in [2.24, 2.45) is 0 Å². The SMILES string of the molecule is COc1ccc(-c2sccc2C)cc1CNC(C)C. The highest BCUT2D eigenvalue weighted by atomic mass is 32.1. The number of thiophene rings is 1. The molecule has 2 rings (SSSR count). The number of methoxy groups -OCH3 is 1. The number of rotatable bonds is 5. The Bertz CT molecular complexity index is 545. The summed E-state index contributed by atoms with van der Waals surface area (Å²) in [5.74, 6) is 0.950. The average Bonchev–Trinajstić information content (AvgIpc) is 2.82. The van der Waals surface area contributed by atoms with Gasteiger partial charge in [0.25, 0.3) is 0 Å². The van der Waals surface area contributed by atoms with Crippen LogP contribution in [-0.4, -0.2) is 13.2 Å². The van der Waals surface area contributed by atoms with Gasteiger partial charge >= 0.3 is 0 Å². The Balaban J connectivity index is 2.32. The summed E-state index contributed by atoms with van der Waals surface area (Å²) in [6.45, 7) is 7.29. The maximum atomic E-state index is 5.44. The molecule has 3 heteroatoms. The van der Waals surface area contributed by atoms with Crippen LogP contribution in [0.5, 0.6) is 5.75 Å². The minimum atomic E-state index is 0.469.